The third-order valence-electron chi connectivity index (χ3n) is 2.96. The maximum Gasteiger partial charge on any atom is 0.241 e. The molecule has 0 aromatic heterocycles. The van der Waals surface area contributed by atoms with Crippen molar-refractivity contribution in [3.63, 3.8) is 0 Å². The minimum Gasteiger partial charge on any atom is -0.376 e. The molecule has 0 atom stereocenters. The van der Waals surface area contributed by atoms with Gasteiger partial charge >= 0.3 is 0 Å². The number of aryl methyl sites for hydroxylation is 1. The highest BCUT2D eigenvalue weighted by atomic mass is 19.1. The molecule has 0 bridgehead atoms. The molecule has 1 amide bonds. The zero-order valence-electron chi connectivity index (χ0n) is 11.9. The summed E-state index contributed by atoms with van der Waals surface area (Å²) in [6.07, 6.45) is 0.458. The summed E-state index contributed by atoms with van der Waals surface area (Å²) in [6, 6.07) is 8.24. The van der Waals surface area contributed by atoms with E-state index in [1.807, 2.05) is 12.1 Å². The maximum atomic E-state index is 13.0. The van der Waals surface area contributed by atoms with Gasteiger partial charge < -0.3 is 10.2 Å². The highest BCUT2D eigenvalue weighted by Crippen LogP contribution is 2.15. The number of hydrogen-bond acceptors (Lipinski definition) is 4. The summed E-state index contributed by atoms with van der Waals surface area (Å²) in [5, 5.41) is 20.1. The second-order valence-corrected chi connectivity index (χ2v) is 4.51. The van der Waals surface area contributed by atoms with Gasteiger partial charge in [-0.3, -0.25) is 4.79 Å². The summed E-state index contributed by atoms with van der Waals surface area (Å²) in [7, 11) is 0. The molecule has 6 heteroatoms. The Morgan fingerprint density at radius 2 is 1.90 bits per heavy atom. The first-order valence-electron chi connectivity index (χ1n) is 6.60. The van der Waals surface area contributed by atoms with Crippen molar-refractivity contribution < 1.29 is 9.18 Å². The highest BCUT2D eigenvalue weighted by Gasteiger charge is 2.13. The van der Waals surface area contributed by atoms with Crippen LogP contribution in [-0.2, 0) is 4.79 Å². The van der Waals surface area contributed by atoms with Crippen LogP contribution < -0.4 is 5.32 Å². The average molecular weight is 288 g/mol. The van der Waals surface area contributed by atoms with Gasteiger partial charge in [0.2, 0.25) is 5.91 Å². The lowest BCUT2D eigenvalue weighted by atomic mass is 10.2. The molecule has 1 aromatic carbocycles. The molecule has 0 heterocycles. The number of amides is 1. The first-order chi connectivity index (χ1) is 10.1. The van der Waals surface area contributed by atoms with Crippen LogP contribution in [0.3, 0.4) is 0 Å². The number of carbonyl (C=O) groups is 1. The lowest BCUT2D eigenvalue weighted by Gasteiger charge is -2.21. The molecule has 0 aliphatic rings. The first-order valence-corrected chi connectivity index (χ1v) is 6.60. The number of halogens is 1. The Hall–Kier alpha value is -2.60. The van der Waals surface area contributed by atoms with Gasteiger partial charge in [0.1, 0.15) is 5.82 Å². The molecule has 0 aliphatic heterocycles. The third kappa shape index (κ3) is 5.50. The fraction of sp³-hybridized carbons (Fsp3) is 0.400. The van der Waals surface area contributed by atoms with Crippen LogP contribution in [0.2, 0.25) is 0 Å². The minimum atomic E-state index is -0.325. The van der Waals surface area contributed by atoms with Gasteiger partial charge in [0.25, 0.3) is 0 Å². The van der Waals surface area contributed by atoms with Crippen LogP contribution in [0, 0.1) is 35.4 Å². The van der Waals surface area contributed by atoms with Crippen molar-refractivity contribution >= 4 is 11.6 Å². The van der Waals surface area contributed by atoms with E-state index in [1.54, 1.807) is 13.0 Å². The molecule has 0 saturated carbocycles. The zero-order valence-corrected chi connectivity index (χ0v) is 11.9. The van der Waals surface area contributed by atoms with Crippen LogP contribution in [0.25, 0.3) is 0 Å². The Morgan fingerprint density at radius 1 is 1.29 bits per heavy atom. The Balaban J connectivity index is 2.60. The summed E-state index contributed by atoms with van der Waals surface area (Å²) in [6.45, 7) is 2.41. The Bertz CT molecular complexity index is 556. The number of nitriles is 2. The van der Waals surface area contributed by atoms with Crippen molar-refractivity contribution in [2.45, 2.75) is 19.8 Å². The van der Waals surface area contributed by atoms with E-state index in [1.165, 1.54) is 17.0 Å². The maximum absolute atomic E-state index is 13.0. The summed E-state index contributed by atoms with van der Waals surface area (Å²) in [5.74, 6) is -0.515. The Kier molecular flexibility index (Phi) is 6.70. The predicted octanol–water partition coefficient (Wildman–Crippen LogP) is 2.20. The molecule has 1 N–H and O–H groups in total. The normalized spacial score (nSPS) is 9.52. The number of carbonyl (C=O) groups excluding carboxylic acids is 1. The molecule has 0 fully saturated rings. The first kappa shape index (κ1) is 16.5. The van der Waals surface area contributed by atoms with E-state index in [4.69, 9.17) is 10.5 Å². The van der Waals surface area contributed by atoms with Crippen LogP contribution >= 0.6 is 0 Å². The fourth-order valence-corrected chi connectivity index (χ4v) is 1.84. The van der Waals surface area contributed by atoms with E-state index >= 15 is 0 Å². The van der Waals surface area contributed by atoms with Crippen LogP contribution in [-0.4, -0.2) is 30.4 Å². The fourth-order valence-electron chi connectivity index (χ4n) is 1.84. The molecule has 110 valence electrons. The van der Waals surface area contributed by atoms with E-state index in [0.29, 0.717) is 24.3 Å². The van der Waals surface area contributed by atoms with Crippen molar-refractivity contribution in [1.29, 1.82) is 10.5 Å². The van der Waals surface area contributed by atoms with Crippen LogP contribution in [0.5, 0.6) is 0 Å². The van der Waals surface area contributed by atoms with Gasteiger partial charge in [0, 0.05) is 18.8 Å². The van der Waals surface area contributed by atoms with E-state index in [0.717, 1.165) is 0 Å². The lowest BCUT2D eigenvalue weighted by Crippen LogP contribution is -2.37. The van der Waals surface area contributed by atoms with Gasteiger partial charge in [-0.15, -0.1) is 0 Å². The number of nitrogens with one attached hydrogen (secondary N) is 1. The summed E-state index contributed by atoms with van der Waals surface area (Å²) in [4.78, 5) is 13.6. The van der Waals surface area contributed by atoms with Gasteiger partial charge in [0.15, 0.2) is 0 Å². The van der Waals surface area contributed by atoms with Gasteiger partial charge in [0.05, 0.1) is 31.5 Å². The SMILES string of the molecule is Cc1cc(F)ccc1NCC(=O)N(CCC#N)CCC#N. The van der Waals surface area contributed by atoms with Gasteiger partial charge in [-0.2, -0.15) is 10.5 Å². The van der Waals surface area contributed by atoms with E-state index in [-0.39, 0.29) is 31.1 Å². The number of nitrogens with zero attached hydrogens (tertiary/aromatic N) is 3. The van der Waals surface area contributed by atoms with Gasteiger partial charge in [-0.05, 0) is 30.7 Å². The van der Waals surface area contributed by atoms with Crippen LogP contribution in [0.1, 0.15) is 18.4 Å². The van der Waals surface area contributed by atoms with Crippen LogP contribution in [0.4, 0.5) is 10.1 Å². The molecule has 0 aliphatic carbocycles. The molecule has 5 nitrogen and oxygen atoms in total. The molecule has 0 unspecified atom stereocenters. The predicted molar refractivity (Wildman–Crippen MR) is 76.7 cm³/mol. The summed E-state index contributed by atoms with van der Waals surface area (Å²) < 4.78 is 13.0. The minimum absolute atomic E-state index is 0.0450. The molecule has 0 spiro atoms. The second-order valence-electron chi connectivity index (χ2n) is 4.51. The molecular formula is C15H17FN4O. The topological polar surface area (TPSA) is 79.9 Å². The van der Waals surface area contributed by atoms with Crippen molar-refractivity contribution in [3.8, 4) is 12.1 Å². The van der Waals surface area contributed by atoms with Crippen molar-refractivity contribution in [3.05, 3.63) is 29.6 Å². The van der Waals surface area contributed by atoms with Gasteiger partial charge in [-0.1, -0.05) is 0 Å². The lowest BCUT2D eigenvalue weighted by molar-refractivity contribution is -0.129. The quantitative estimate of drug-likeness (QED) is 0.834. The van der Waals surface area contributed by atoms with Crippen molar-refractivity contribution in [2.75, 3.05) is 25.0 Å². The zero-order chi connectivity index (χ0) is 15.7. The number of anilines is 1. The second kappa shape index (κ2) is 8.55. The van der Waals surface area contributed by atoms with Gasteiger partial charge in [-0.25, -0.2) is 4.39 Å². The molecule has 0 radical (unpaired) electrons. The van der Waals surface area contributed by atoms with E-state index in [2.05, 4.69) is 5.32 Å². The monoisotopic (exact) mass is 288 g/mol. The standard InChI is InChI=1S/C15H17FN4O/c1-12-10-13(16)4-5-14(12)19-11-15(21)20(8-2-6-17)9-3-7-18/h4-5,10,19H,2-3,8-9,11H2,1H3. The third-order valence-corrected chi connectivity index (χ3v) is 2.96. The summed E-state index contributed by atoms with van der Waals surface area (Å²) >= 11 is 0. The van der Waals surface area contributed by atoms with Crippen molar-refractivity contribution in [2.24, 2.45) is 0 Å². The summed E-state index contributed by atoms with van der Waals surface area (Å²) in [5.41, 5.74) is 1.40. The highest BCUT2D eigenvalue weighted by molar-refractivity contribution is 5.81. The number of benzene rings is 1. The molecule has 1 aromatic rings. The average Bonchev–Trinajstić information content (AvgIpc) is 2.46. The number of hydrogen-bond donors (Lipinski definition) is 1. The van der Waals surface area contributed by atoms with E-state index in [9.17, 15) is 9.18 Å². The molecule has 21 heavy (non-hydrogen) atoms. The van der Waals surface area contributed by atoms with E-state index < -0.39 is 0 Å². The Morgan fingerprint density at radius 3 is 2.43 bits per heavy atom. The number of rotatable bonds is 7. The largest absolute Gasteiger partial charge is 0.376 e. The smallest absolute Gasteiger partial charge is 0.241 e. The molecular weight excluding hydrogens is 271 g/mol. The Labute approximate surface area is 123 Å². The molecule has 0 saturated heterocycles. The molecule has 1 rings (SSSR count). The van der Waals surface area contributed by atoms with Crippen LogP contribution in [0.15, 0.2) is 18.2 Å². The van der Waals surface area contributed by atoms with Crippen molar-refractivity contribution in [1.82, 2.24) is 4.90 Å².